The van der Waals surface area contributed by atoms with Gasteiger partial charge in [0.25, 0.3) is 0 Å². The van der Waals surface area contributed by atoms with Gasteiger partial charge in [-0.3, -0.25) is 0 Å². The Hall–Kier alpha value is -1.31. The number of aromatic carboxylic acids is 1. The summed E-state index contributed by atoms with van der Waals surface area (Å²) in [6, 6.07) is 5.37. The van der Waals surface area contributed by atoms with Gasteiger partial charge >= 0.3 is 5.97 Å². The second kappa shape index (κ2) is 4.96. The first-order valence-electron chi connectivity index (χ1n) is 5.33. The summed E-state index contributed by atoms with van der Waals surface area (Å²) in [4.78, 5) is 10.7. The number of carbonyl (C=O) groups is 1. The van der Waals surface area contributed by atoms with Crippen LogP contribution in [0, 0.1) is 12.8 Å². The molecule has 2 nitrogen and oxygen atoms in total. The van der Waals surface area contributed by atoms with Crippen molar-refractivity contribution in [1.29, 1.82) is 0 Å². The Labute approximate surface area is 90.9 Å². The molecule has 82 valence electrons. The Kier molecular flexibility index (Phi) is 3.89. The summed E-state index contributed by atoms with van der Waals surface area (Å²) in [5.41, 5.74) is 2.71. The fourth-order valence-corrected chi connectivity index (χ4v) is 1.55. The predicted molar refractivity (Wildman–Crippen MR) is 61.3 cm³/mol. The standard InChI is InChI=1S/C13H18O2/c1-9(2)4-5-11-6-7-12(13(14)15)8-10(11)3/h6-9H,4-5H2,1-3H3,(H,14,15). The third-order valence-electron chi connectivity index (χ3n) is 2.58. The van der Waals surface area contributed by atoms with Gasteiger partial charge in [0.2, 0.25) is 0 Å². The summed E-state index contributed by atoms with van der Waals surface area (Å²) < 4.78 is 0. The Morgan fingerprint density at radius 3 is 2.53 bits per heavy atom. The van der Waals surface area contributed by atoms with Crippen molar-refractivity contribution in [2.24, 2.45) is 5.92 Å². The van der Waals surface area contributed by atoms with E-state index in [1.807, 2.05) is 13.0 Å². The van der Waals surface area contributed by atoms with Crippen LogP contribution in [0.5, 0.6) is 0 Å². The van der Waals surface area contributed by atoms with E-state index in [1.54, 1.807) is 12.1 Å². The smallest absolute Gasteiger partial charge is 0.335 e. The van der Waals surface area contributed by atoms with Gasteiger partial charge in [-0.2, -0.15) is 0 Å². The molecular weight excluding hydrogens is 188 g/mol. The molecule has 0 saturated heterocycles. The van der Waals surface area contributed by atoms with Gasteiger partial charge in [0.05, 0.1) is 5.56 Å². The van der Waals surface area contributed by atoms with Crippen LogP contribution in [0.15, 0.2) is 18.2 Å². The molecule has 0 fully saturated rings. The molecule has 0 aliphatic carbocycles. The van der Waals surface area contributed by atoms with Crippen LogP contribution in [0.25, 0.3) is 0 Å². The maximum atomic E-state index is 10.7. The average Bonchev–Trinajstić information content (AvgIpc) is 2.15. The van der Waals surface area contributed by atoms with Gasteiger partial charge in [0.15, 0.2) is 0 Å². The van der Waals surface area contributed by atoms with Crippen molar-refractivity contribution in [3.8, 4) is 0 Å². The summed E-state index contributed by atoms with van der Waals surface area (Å²) in [5, 5.41) is 8.82. The molecule has 1 aromatic carbocycles. The number of benzene rings is 1. The maximum Gasteiger partial charge on any atom is 0.335 e. The van der Waals surface area contributed by atoms with Crippen molar-refractivity contribution in [3.63, 3.8) is 0 Å². The van der Waals surface area contributed by atoms with E-state index in [2.05, 4.69) is 13.8 Å². The van der Waals surface area contributed by atoms with E-state index in [4.69, 9.17) is 5.11 Å². The largest absolute Gasteiger partial charge is 0.478 e. The zero-order chi connectivity index (χ0) is 11.4. The fourth-order valence-electron chi connectivity index (χ4n) is 1.55. The Balaban J connectivity index is 2.79. The molecule has 0 aromatic heterocycles. The molecule has 0 saturated carbocycles. The summed E-state index contributed by atoms with van der Waals surface area (Å²) in [5.74, 6) is -0.169. The first kappa shape index (κ1) is 11.8. The van der Waals surface area contributed by atoms with Crippen molar-refractivity contribution in [2.45, 2.75) is 33.6 Å². The zero-order valence-electron chi connectivity index (χ0n) is 9.58. The van der Waals surface area contributed by atoms with Gasteiger partial charge in [0.1, 0.15) is 0 Å². The molecule has 0 radical (unpaired) electrons. The van der Waals surface area contributed by atoms with Crippen molar-refractivity contribution in [3.05, 3.63) is 34.9 Å². The molecule has 1 rings (SSSR count). The van der Waals surface area contributed by atoms with E-state index in [-0.39, 0.29) is 0 Å². The van der Waals surface area contributed by atoms with Gasteiger partial charge in [-0.25, -0.2) is 4.79 Å². The summed E-state index contributed by atoms with van der Waals surface area (Å²) in [6.45, 7) is 6.37. The van der Waals surface area contributed by atoms with Gasteiger partial charge in [-0.1, -0.05) is 19.9 Å². The number of aryl methyl sites for hydroxylation is 2. The maximum absolute atomic E-state index is 10.7. The van der Waals surface area contributed by atoms with E-state index in [1.165, 1.54) is 5.56 Å². The zero-order valence-corrected chi connectivity index (χ0v) is 9.58. The molecule has 0 aliphatic heterocycles. The molecule has 1 N–H and O–H groups in total. The first-order valence-corrected chi connectivity index (χ1v) is 5.33. The lowest BCUT2D eigenvalue weighted by Crippen LogP contribution is -2.00. The lowest BCUT2D eigenvalue weighted by molar-refractivity contribution is 0.0697. The second-order valence-electron chi connectivity index (χ2n) is 4.38. The summed E-state index contributed by atoms with van der Waals surface area (Å²) in [6.07, 6.45) is 2.18. The minimum absolute atomic E-state index is 0.376. The van der Waals surface area contributed by atoms with Crippen LogP contribution in [-0.4, -0.2) is 11.1 Å². The highest BCUT2D eigenvalue weighted by molar-refractivity contribution is 5.87. The van der Waals surface area contributed by atoms with E-state index >= 15 is 0 Å². The van der Waals surface area contributed by atoms with Crippen LogP contribution in [0.3, 0.4) is 0 Å². The van der Waals surface area contributed by atoms with Gasteiger partial charge in [-0.05, 0) is 48.9 Å². The van der Waals surface area contributed by atoms with Crippen molar-refractivity contribution in [2.75, 3.05) is 0 Å². The number of carboxylic acid groups (broad SMARTS) is 1. The highest BCUT2D eigenvalue weighted by atomic mass is 16.4. The topological polar surface area (TPSA) is 37.3 Å². The highest BCUT2D eigenvalue weighted by Gasteiger charge is 2.05. The Morgan fingerprint density at radius 1 is 1.40 bits per heavy atom. The molecule has 0 amide bonds. The molecule has 0 heterocycles. The Morgan fingerprint density at radius 2 is 2.07 bits per heavy atom. The molecule has 0 aliphatic rings. The fraction of sp³-hybridized carbons (Fsp3) is 0.462. The lowest BCUT2D eigenvalue weighted by atomic mass is 9.97. The molecule has 2 heteroatoms. The minimum atomic E-state index is -0.853. The van der Waals surface area contributed by atoms with Crippen LogP contribution in [0.4, 0.5) is 0 Å². The minimum Gasteiger partial charge on any atom is -0.478 e. The van der Waals surface area contributed by atoms with Gasteiger partial charge < -0.3 is 5.11 Å². The monoisotopic (exact) mass is 206 g/mol. The van der Waals surface area contributed by atoms with E-state index in [9.17, 15) is 4.79 Å². The van der Waals surface area contributed by atoms with Crippen molar-refractivity contribution < 1.29 is 9.90 Å². The van der Waals surface area contributed by atoms with Crippen LogP contribution >= 0.6 is 0 Å². The second-order valence-corrected chi connectivity index (χ2v) is 4.38. The highest BCUT2D eigenvalue weighted by Crippen LogP contribution is 2.15. The van der Waals surface area contributed by atoms with Crippen LogP contribution in [0.1, 0.15) is 41.8 Å². The summed E-state index contributed by atoms with van der Waals surface area (Å²) in [7, 11) is 0. The number of carboxylic acids is 1. The van der Waals surface area contributed by atoms with E-state index < -0.39 is 5.97 Å². The summed E-state index contributed by atoms with van der Waals surface area (Å²) >= 11 is 0. The van der Waals surface area contributed by atoms with Gasteiger partial charge in [0, 0.05) is 0 Å². The van der Waals surface area contributed by atoms with Crippen LogP contribution in [-0.2, 0) is 6.42 Å². The molecular formula is C13H18O2. The Bertz CT molecular complexity index is 354. The molecule has 0 spiro atoms. The van der Waals surface area contributed by atoms with E-state index in [0.717, 1.165) is 18.4 Å². The molecule has 15 heavy (non-hydrogen) atoms. The van der Waals surface area contributed by atoms with Crippen molar-refractivity contribution in [1.82, 2.24) is 0 Å². The first-order chi connectivity index (χ1) is 7.00. The number of hydrogen-bond donors (Lipinski definition) is 1. The molecule has 0 bridgehead atoms. The average molecular weight is 206 g/mol. The molecule has 0 unspecified atom stereocenters. The number of rotatable bonds is 4. The third kappa shape index (κ3) is 3.39. The van der Waals surface area contributed by atoms with E-state index in [0.29, 0.717) is 11.5 Å². The third-order valence-corrected chi connectivity index (χ3v) is 2.58. The quantitative estimate of drug-likeness (QED) is 0.820. The van der Waals surface area contributed by atoms with Gasteiger partial charge in [-0.15, -0.1) is 0 Å². The number of hydrogen-bond acceptors (Lipinski definition) is 1. The lowest BCUT2D eigenvalue weighted by Gasteiger charge is -2.08. The van der Waals surface area contributed by atoms with Crippen LogP contribution in [0.2, 0.25) is 0 Å². The SMILES string of the molecule is Cc1cc(C(=O)O)ccc1CCC(C)C. The predicted octanol–water partition coefficient (Wildman–Crippen LogP) is 3.28. The van der Waals surface area contributed by atoms with Crippen LogP contribution < -0.4 is 0 Å². The molecule has 1 aromatic rings. The molecule has 0 atom stereocenters. The van der Waals surface area contributed by atoms with Crippen molar-refractivity contribution >= 4 is 5.97 Å². The normalized spacial score (nSPS) is 10.7.